The number of hydrogen-bond acceptors (Lipinski definition) is 10. The van der Waals surface area contributed by atoms with E-state index in [1.807, 2.05) is 94.1 Å². The molecule has 12 nitrogen and oxygen atoms in total. The third-order valence-corrected chi connectivity index (χ3v) is 12.1. The zero-order chi connectivity index (χ0) is 41.5. The van der Waals surface area contributed by atoms with E-state index in [1.165, 1.54) is 12.4 Å². The van der Waals surface area contributed by atoms with Gasteiger partial charge in [-0.3, -0.25) is 29.1 Å². The van der Waals surface area contributed by atoms with Gasteiger partial charge in [0.2, 0.25) is 0 Å². The lowest BCUT2D eigenvalue weighted by Crippen LogP contribution is -2.37. The summed E-state index contributed by atoms with van der Waals surface area (Å²) >= 11 is 0. The molecule has 2 aliphatic heterocycles. The molecule has 0 amide bonds. The van der Waals surface area contributed by atoms with E-state index in [2.05, 4.69) is 29.7 Å². The van der Waals surface area contributed by atoms with Crippen molar-refractivity contribution in [2.45, 2.75) is 77.3 Å². The van der Waals surface area contributed by atoms with Gasteiger partial charge < -0.3 is 18.9 Å². The minimum atomic E-state index is -0.0463. The van der Waals surface area contributed by atoms with Crippen LogP contribution in [0.3, 0.4) is 0 Å². The summed E-state index contributed by atoms with van der Waals surface area (Å²) in [6.07, 6.45) is 14.8. The fourth-order valence-electron chi connectivity index (χ4n) is 8.49. The number of piperidine rings is 2. The minimum absolute atomic E-state index is 0.0463. The zero-order valence-corrected chi connectivity index (χ0v) is 34.5. The molecule has 2 aliphatic rings. The Labute approximate surface area is 351 Å². The Kier molecular flexibility index (Phi) is 15.2. The number of Topliss-reactive ketones (excluding diaryl/α,β-unsaturated/α-hetero) is 2. The normalized spacial score (nSPS) is 15.5. The van der Waals surface area contributed by atoms with Crippen molar-refractivity contribution in [2.75, 3.05) is 39.3 Å². The number of para-hydroxylation sites is 4. The molecule has 2 aromatic carbocycles. The van der Waals surface area contributed by atoms with E-state index in [9.17, 15) is 19.2 Å². The van der Waals surface area contributed by atoms with Crippen molar-refractivity contribution in [1.29, 1.82) is 0 Å². The van der Waals surface area contributed by atoms with E-state index < -0.39 is 0 Å². The number of carbonyl (C=O) groups is 2. The average molecular weight is 809 g/mol. The van der Waals surface area contributed by atoms with Gasteiger partial charge in [-0.1, -0.05) is 36.4 Å². The van der Waals surface area contributed by atoms with Crippen molar-refractivity contribution in [2.24, 2.45) is 11.8 Å². The van der Waals surface area contributed by atoms with Crippen LogP contribution in [0.1, 0.15) is 62.8 Å². The summed E-state index contributed by atoms with van der Waals surface area (Å²) in [5, 5.41) is 0. The SMILES string of the molecule is O=C(CCC1CCN(CCn2c(=O)cnc3ccccc32)CC1)Cc1ccccn1.O=C(CCC1CCN(CCn2c(=O)cnc3ccccc32)CC1)Cc1ccccn1. The molecule has 12 heteroatoms. The summed E-state index contributed by atoms with van der Waals surface area (Å²) in [5.41, 5.74) is 5.12. The lowest BCUT2D eigenvalue weighted by molar-refractivity contribution is -0.119. The summed E-state index contributed by atoms with van der Waals surface area (Å²) in [6.45, 7) is 7.17. The fraction of sp³-hybridized carbons (Fsp3) is 0.417. The van der Waals surface area contributed by atoms with E-state index in [1.54, 1.807) is 12.4 Å². The number of likely N-dealkylation sites (tertiary alicyclic amines) is 2. The van der Waals surface area contributed by atoms with Crippen molar-refractivity contribution >= 4 is 33.6 Å². The molecule has 0 spiro atoms. The molecular formula is C48H56N8O4. The van der Waals surface area contributed by atoms with Crippen LogP contribution in [0.4, 0.5) is 0 Å². The van der Waals surface area contributed by atoms with E-state index in [0.29, 0.717) is 50.6 Å². The van der Waals surface area contributed by atoms with Crippen molar-refractivity contribution in [3.63, 3.8) is 0 Å². The number of rotatable bonds is 16. The van der Waals surface area contributed by atoms with Crippen LogP contribution in [0.2, 0.25) is 0 Å². The van der Waals surface area contributed by atoms with Gasteiger partial charge in [-0.2, -0.15) is 0 Å². The first-order valence-electron chi connectivity index (χ1n) is 21.5. The van der Waals surface area contributed by atoms with Crippen LogP contribution in [-0.2, 0) is 35.5 Å². The molecule has 4 aromatic heterocycles. The first-order chi connectivity index (χ1) is 29.4. The Balaban J connectivity index is 0.000000181. The molecule has 312 valence electrons. The highest BCUT2D eigenvalue weighted by molar-refractivity contribution is 5.81. The highest BCUT2D eigenvalue weighted by atomic mass is 16.1. The average Bonchev–Trinajstić information content (AvgIpc) is 3.28. The Morgan fingerprint density at radius 1 is 0.500 bits per heavy atom. The van der Waals surface area contributed by atoms with Crippen LogP contribution in [0.15, 0.2) is 119 Å². The standard InChI is InChI=1S/2C24H28N4O2/c2*29-21(17-20-5-3-4-12-25-20)9-8-19-10-13-27(14-11-19)15-16-28-23-7-2-1-6-22(23)26-18-24(28)30/h2*1-7,12,18-19H,8-11,13-17H2. The predicted octanol–water partition coefficient (Wildman–Crippen LogP) is 6.19. The van der Waals surface area contributed by atoms with Gasteiger partial charge in [0.15, 0.2) is 0 Å². The van der Waals surface area contributed by atoms with Crippen LogP contribution in [0, 0.1) is 11.8 Å². The molecule has 0 N–H and O–H groups in total. The molecular weight excluding hydrogens is 753 g/mol. The lowest BCUT2D eigenvalue weighted by Gasteiger charge is -2.32. The maximum atomic E-state index is 12.3. The van der Waals surface area contributed by atoms with Crippen LogP contribution >= 0.6 is 0 Å². The Morgan fingerprint density at radius 2 is 0.900 bits per heavy atom. The van der Waals surface area contributed by atoms with E-state index in [4.69, 9.17) is 0 Å². The maximum absolute atomic E-state index is 12.3. The van der Waals surface area contributed by atoms with Gasteiger partial charge >= 0.3 is 0 Å². The Hall–Kier alpha value is -5.72. The fourth-order valence-corrected chi connectivity index (χ4v) is 8.49. The molecule has 60 heavy (non-hydrogen) atoms. The Morgan fingerprint density at radius 3 is 1.30 bits per heavy atom. The molecule has 0 atom stereocenters. The first-order valence-corrected chi connectivity index (χ1v) is 21.5. The quantitative estimate of drug-likeness (QED) is 0.111. The van der Waals surface area contributed by atoms with E-state index >= 15 is 0 Å². The van der Waals surface area contributed by atoms with E-state index in [-0.39, 0.29) is 22.7 Å². The van der Waals surface area contributed by atoms with Gasteiger partial charge in [-0.15, -0.1) is 0 Å². The summed E-state index contributed by atoms with van der Waals surface area (Å²) in [6, 6.07) is 27.0. The van der Waals surface area contributed by atoms with Crippen LogP contribution in [0.25, 0.3) is 22.1 Å². The van der Waals surface area contributed by atoms with Crippen molar-refractivity contribution in [1.82, 2.24) is 38.9 Å². The number of benzene rings is 2. The summed E-state index contributed by atoms with van der Waals surface area (Å²) in [4.78, 5) is 70.8. The van der Waals surface area contributed by atoms with Gasteiger partial charge in [-0.25, -0.2) is 9.97 Å². The largest absolute Gasteiger partial charge is 0.304 e. The van der Waals surface area contributed by atoms with Crippen LogP contribution in [0.5, 0.6) is 0 Å². The monoisotopic (exact) mass is 808 g/mol. The molecule has 6 heterocycles. The molecule has 0 bridgehead atoms. The highest BCUT2D eigenvalue weighted by Gasteiger charge is 2.22. The number of carbonyl (C=O) groups excluding carboxylic acids is 2. The molecule has 0 unspecified atom stereocenters. The topological polar surface area (TPSA) is 136 Å². The highest BCUT2D eigenvalue weighted by Crippen LogP contribution is 2.24. The molecule has 6 aromatic rings. The molecule has 0 aliphatic carbocycles. The molecule has 2 fully saturated rings. The smallest absolute Gasteiger partial charge is 0.269 e. The first kappa shape index (κ1) is 42.4. The van der Waals surface area contributed by atoms with Gasteiger partial charge in [0.05, 0.1) is 34.5 Å². The zero-order valence-electron chi connectivity index (χ0n) is 34.5. The third kappa shape index (κ3) is 12.2. The number of aromatic nitrogens is 6. The van der Waals surface area contributed by atoms with Crippen LogP contribution in [-0.4, -0.2) is 89.7 Å². The number of hydrogen-bond donors (Lipinski definition) is 0. The lowest BCUT2D eigenvalue weighted by atomic mass is 9.91. The van der Waals surface area contributed by atoms with Crippen molar-refractivity contribution in [3.05, 3.63) is 142 Å². The number of pyridine rings is 2. The molecule has 8 rings (SSSR count). The number of ketones is 2. The Bertz CT molecular complexity index is 2250. The van der Waals surface area contributed by atoms with Gasteiger partial charge in [0.25, 0.3) is 11.1 Å². The third-order valence-electron chi connectivity index (χ3n) is 12.1. The van der Waals surface area contributed by atoms with Gasteiger partial charge in [0, 0.05) is 75.6 Å². The van der Waals surface area contributed by atoms with Gasteiger partial charge in [0.1, 0.15) is 11.6 Å². The minimum Gasteiger partial charge on any atom is -0.304 e. The molecule has 0 radical (unpaired) electrons. The summed E-state index contributed by atoms with van der Waals surface area (Å²) < 4.78 is 3.65. The van der Waals surface area contributed by atoms with E-state index in [0.717, 1.165) is 111 Å². The predicted molar refractivity (Wildman–Crippen MR) is 235 cm³/mol. The number of nitrogens with zero attached hydrogens (tertiary/aromatic N) is 8. The second-order valence-corrected chi connectivity index (χ2v) is 16.2. The second-order valence-electron chi connectivity index (χ2n) is 16.2. The van der Waals surface area contributed by atoms with Crippen molar-refractivity contribution in [3.8, 4) is 0 Å². The second kappa shape index (κ2) is 21.5. The summed E-state index contributed by atoms with van der Waals surface area (Å²) in [5.74, 6) is 1.77. The molecule has 2 saturated heterocycles. The van der Waals surface area contributed by atoms with Crippen LogP contribution < -0.4 is 11.1 Å². The number of fused-ring (bicyclic) bond motifs is 2. The summed E-state index contributed by atoms with van der Waals surface area (Å²) in [7, 11) is 0. The molecule has 0 saturated carbocycles. The maximum Gasteiger partial charge on any atom is 0.269 e. The van der Waals surface area contributed by atoms with Crippen molar-refractivity contribution < 1.29 is 9.59 Å². The van der Waals surface area contributed by atoms with Gasteiger partial charge in [-0.05, 0) is 125 Å².